The third-order valence-electron chi connectivity index (χ3n) is 3.45. The van der Waals surface area contributed by atoms with Crippen molar-refractivity contribution in [3.05, 3.63) is 52.6 Å². The minimum Gasteiger partial charge on any atom is -0.331 e. The molecule has 20 heavy (non-hydrogen) atoms. The molecule has 0 saturated heterocycles. The molecule has 0 fully saturated rings. The number of fused-ring (bicyclic) bond motifs is 1. The van der Waals surface area contributed by atoms with E-state index < -0.39 is 0 Å². The van der Waals surface area contributed by atoms with Crippen LogP contribution in [0.25, 0.3) is 10.2 Å². The van der Waals surface area contributed by atoms with Crippen LogP contribution in [0.15, 0.2) is 30.3 Å². The van der Waals surface area contributed by atoms with Gasteiger partial charge >= 0.3 is 0 Å². The van der Waals surface area contributed by atoms with Gasteiger partial charge in [-0.3, -0.25) is 0 Å². The van der Waals surface area contributed by atoms with Crippen LogP contribution in [0.5, 0.6) is 0 Å². The van der Waals surface area contributed by atoms with E-state index in [1.54, 1.807) is 11.3 Å². The number of rotatable bonds is 2. The highest BCUT2D eigenvalue weighted by Crippen LogP contribution is 2.31. The number of aromatic nitrogens is 1. The molecule has 0 aliphatic rings. The first-order valence-corrected chi connectivity index (χ1v) is 7.56. The Morgan fingerprint density at radius 2 is 1.60 bits per heavy atom. The lowest BCUT2D eigenvalue weighted by atomic mass is 10.1. The molecule has 0 bridgehead atoms. The summed E-state index contributed by atoms with van der Waals surface area (Å²) in [6.45, 7) is 8.50. The number of nitrogens with one attached hydrogen (secondary N) is 1. The zero-order valence-electron chi connectivity index (χ0n) is 12.2. The Hall–Kier alpha value is -1.87. The van der Waals surface area contributed by atoms with Crippen LogP contribution >= 0.6 is 11.3 Å². The number of nitrogens with zero attached hydrogens (tertiary/aromatic N) is 1. The molecule has 2 nitrogen and oxygen atoms in total. The number of hydrogen-bond donors (Lipinski definition) is 1. The second kappa shape index (κ2) is 4.91. The molecule has 0 radical (unpaired) electrons. The molecule has 1 heterocycles. The van der Waals surface area contributed by atoms with E-state index in [4.69, 9.17) is 0 Å². The first-order chi connectivity index (χ1) is 9.52. The van der Waals surface area contributed by atoms with Crippen molar-refractivity contribution in [3.8, 4) is 0 Å². The van der Waals surface area contributed by atoms with E-state index >= 15 is 0 Å². The molecule has 3 aromatic rings. The SMILES string of the molecule is Cc1cc(C)c(Nc2nc3cc(C)ccc3s2)c(C)c1. The Balaban J connectivity index is 2.01. The molecule has 0 unspecified atom stereocenters. The number of thiazole rings is 1. The van der Waals surface area contributed by atoms with Crippen molar-refractivity contribution in [2.75, 3.05) is 5.32 Å². The fourth-order valence-corrected chi connectivity index (χ4v) is 3.43. The molecule has 0 atom stereocenters. The van der Waals surface area contributed by atoms with Crippen LogP contribution in [-0.2, 0) is 0 Å². The number of aryl methyl sites for hydroxylation is 4. The molecule has 3 rings (SSSR count). The predicted octanol–water partition coefficient (Wildman–Crippen LogP) is 5.27. The molecule has 2 aromatic carbocycles. The summed E-state index contributed by atoms with van der Waals surface area (Å²) in [6.07, 6.45) is 0. The van der Waals surface area contributed by atoms with E-state index in [1.807, 2.05) is 0 Å². The lowest BCUT2D eigenvalue weighted by Crippen LogP contribution is -1.96. The lowest BCUT2D eigenvalue weighted by Gasteiger charge is -2.11. The van der Waals surface area contributed by atoms with Crippen molar-refractivity contribution in [2.45, 2.75) is 27.7 Å². The normalized spacial score (nSPS) is 11.0. The molecular weight excluding hydrogens is 264 g/mol. The second-order valence-corrected chi connectivity index (χ2v) is 6.42. The molecule has 0 saturated carbocycles. The van der Waals surface area contributed by atoms with Gasteiger partial charge in [0.2, 0.25) is 0 Å². The minimum absolute atomic E-state index is 0.959. The van der Waals surface area contributed by atoms with Crippen LogP contribution < -0.4 is 5.32 Å². The molecule has 1 aromatic heterocycles. The van der Waals surface area contributed by atoms with Crippen LogP contribution in [-0.4, -0.2) is 4.98 Å². The van der Waals surface area contributed by atoms with E-state index in [9.17, 15) is 0 Å². The van der Waals surface area contributed by atoms with Gasteiger partial charge in [-0.25, -0.2) is 4.98 Å². The summed E-state index contributed by atoms with van der Waals surface area (Å²) in [4.78, 5) is 4.68. The second-order valence-electron chi connectivity index (χ2n) is 5.39. The minimum atomic E-state index is 0.959. The molecule has 3 heteroatoms. The highest BCUT2D eigenvalue weighted by atomic mass is 32.1. The largest absolute Gasteiger partial charge is 0.331 e. The van der Waals surface area contributed by atoms with E-state index in [1.165, 1.54) is 32.6 Å². The summed E-state index contributed by atoms with van der Waals surface area (Å²) in [5, 5.41) is 4.44. The van der Waals surface area contributed by atoms with Gasteiger partial charge in [0.15, 0.2) is 5.13 Å². The van der Waals surface area contributed by atoms with Gasteiger partial charge in [0, 0.05) is 5.69 Å². The van der Waals surface area contributed by atoms with Crippen molar-refractivity contribution in [1.82, 2.24) is 4.98 Å². The van der Waals surface area contributed by atoms with Crippen molar-refractivity contribution in [1.29, 1.82) is 0 Å². The lowest BCUT2D eigenvalue weighted by molar-refractivity contribution is 1.30. The molecular formula is C17H18N2S. The molecule has 0 aliphatic heterocycles. The van der Waals surface area contributed by atoms with Crippen LogP contribution in [0.2, 0.25) is 0 Å². The Morgan fingerprint density at radius 1 is 0.900 bits per heavy atom. The Morgan fingerprint density at radius 3 is 2.30 bits per heavy atom. The standard InChI is InChI=1S/C17H18N2S/c1-10-5-6-15-14(9-10)18-17(20-15)19-16-12(3)7-11(2)8-13(16)4/h5-9H,1-4H3,(H,18,19). The van der Waals surface area contributed by atoms with E-state index in [0.29, 0.717) is 0 Å². The number of anilines is 2. The fraction of sp³-hybridized carbons (Fsp3) is 0.235. The summed E-state index contributed by atoms with van der Waals surface area (Å²) in [6, 6.07) is 10.8. The van der Waals surface area contributed by atoms with Gasteiger partial charge in [0.25, 0.3) is 0 Å². The summed E-state index contributed by atoms with van der Waals surface area (Å²) in [5.74, 6) is 0. The molecule has 0 spiro atoms. The maximum absolute atomic E-state index is 4.68. The highest BCUT2D eigenvalue weighted by molar-refractivity contribution is 7.22. The molecule has 1 N–H and O–H groups in total. The zero-order chi connectivity index (χ0) is 14.3. The molecule has 0 amide bonds. The van der Waals surface area contributed by atoms with Crippen molar-refractivity contribution in [2.24, 2.45) is 0 Å². The third kappa shape index (κ3) is 2.41. The maximum Gasteiger partial charge on any atom is 0.188 e. The summed E-state index contributed by atoms with van der Waals surface area (Å²) in [5.41, 5.74) is 7.31. The first kappa shape index (κ1) is 13.1. The van der Waals surface area contributed by atoms with Gasteiger partial charge in [-0.1, -0.05) is 35.1 Å². The number of benzene rings is 2. The summed E-state index contributed by atoms with van der Waals surface area (Å²) < 4.78 is 1.22. The van der Waals surface area contributed by atoms with Gasteiger partial charge in [-0.2, -0.15) is 0 Å². The van der Waals surface area contributed by atoms with Crippen molar-refractivity contribution >= 4 is 32.4 Å². The van der Waals surface area contributed by atoms with Gasteiger partial charge in [-0.15, -0.1) is 0 Å². The summed E-state index contributed by atoms with van der Waals surface area (Å²) >= 11 is 1.70. The van der Waals surface area contributed by atoms with Crippen LogP contribution in [0.3, 0.4) is 0 Å². The van der Waals surface area contributed by atoms with Gasteiger partial charge in [0.1, 0.15) is 0 Å². The third-order valence-corrected chi connectivity index (χ3v) is 4.40. The molecule has 0 aliphatic carbocycles. The van der Waals surface area contributed by atoms with E-state index in [0.717, 1.165) is 10.6 Å². The Bertz CT molecular complexity index is 764. The monoisotopic (exact) mass is 282 g/mol. The zero-order valence-corrected chi connectivity index (χ0v) is 13.1. The smallest absolute Gasteiger partial charge is 0.188 e. The maximum atomic E-state index is 4.68. The van der Waals surface area contributed by atoms with Crippen molar-refractivity contribution < 1.29 is 0 Å². The van der Waals surface area contributed by atoms with Crippen LogP contribution in [0.1, 0.15) is 22.3 Å². The first-order valence-electron chi connectivity index (χ1n) is 6.75. The van der Waals surface area contributed by atoms with Crippen LogP contribution in [0, 0.1) is 27.7 Å². The Labute approximate surface area is 123 Å². The highest BCUT2D eigenvalue weighted by Gasteiger charge is 2.08. The quantitative estimate of drug-likeness (QED) is 0.692. The topological polar surface area (TPSA) is 24.9 Å². The van der Waals surface area contributed by atoms with E-state index in [2.05, 4.69) is 68.3 Å². The average molecular weight is 282 g/mol. The summed E-state index contributed by atoms with van der Waals surface area (Å²) in [7, 11) is 0. The van der Waals surface area contributed by atoms with E-state index in [-0.39, 0.29) is 0 Å². The molecule has 102 valence electrons. The number of hydrogen-bond acceptors (Lipinski definition) is 3. The van der Waals surface area contributed by atoms with Crippen LogP contribution in [0.4, 0.5) is 10.8 Å². The van der Waals surface area contributed by atoms with Gasteiger partial charge < -0.3 is 5.32 Å². The fourth-order valence-electron chi connectivity index (χ4n) is 2.58. The predicted molar refractivity (Wildman–Crippen MR) is 88.3 cm³/mol. The van der Waals surface area contributed by atoms with Gasteiger partial charge in [-0.05, 0) is 56.5 Å². The van der Waals surface area contributed by atoms with Gasteiger partial charge in [0.05, 0.1) is 10.2 Å². The van der Waals surface area contributed by atoms with Crippen molar-refractivity contribution in [3.63, 3.8) is 0 Å². The average Bonchev–Trinajstić information content (AvgIpc) is 2.75. The Kier molecular flexibility index (Phi) is 3.22.